The van der Waals surface area contributed by atoms with E-state index < -0.39 is 12.0 Å². The standard InChI is InChI=1S/C18H21N5O3/c1-2-5-16-15(22-18(26)20-9-4-8-17(24)25)12-21-23(16)14-7-3-6-13(10-14)11-19/h3,6-7,10,12H,2,4-5,8-9H2,1H3,(H,24,25)(H2,20,22,26). The molecule has 0 saturated carbocycles. The molecule has 0 spiro atoms. The molecule has 8 heteroatoms. The normalized spacial score (nSPS) is 10.2. The molecule has 0 aliphatic rings. The van der Waals surface area contributed by atoms with Crippen molar-refractivity contribution in [2.45, 2.75) is 32.6 Å². The second-order valence-corrected chi connectivity index (χ2v) is 5.71. The minimum absolute atomic E-state index is 0.00846. The van der Waals surface area contributed by atoms with E-state index in [0.29, 0.717) is 24.1 Å². The van der Waals surface area contributed by atoms with E-state index in [1.807, 2.05) is 13.0 Å². The number of nitrogens with one attached hydrogen (secondary N) is 2. The Morgan fingerprint density at radius 3 is 2.88 bits per heavy atom. The number of nitrogens with zero attached hydrogens (tertiary/aromatic N) is 3. The largest absolute Gasteiger partial charge is 0.481 e. The summed E-state index contributed by atoms with van der Waals surface area (Å²) >= 11 is 0. The van der Waals surface area contributed by atoms with Gasteiger partial charge in [-0.1, -0.05) is 19.4 Å². The molecule has 1 heterocycles. The molecule has 3 N–H and O–H groups in total. The molecule has 0 radical (unpaired) electrons. The molecule has 136 valence electrons. The minimum atomic E-state index is -0.890. The van der Waals surface area contributed by atoms with Crippen LogP contribution in [0.5, 0.6) is 0 Å². The third-order valence-electron chi connectivity index (χ3n) is 3.68. The lowest BCUT2D eigenvalue weighted by Gasteiger charge is -2.11. The number of amides is 2. The molecule has 0 bridgehead atoms. The molecule has 2 rings (SSSR count). The third-order valence-corrected chi connectivity index (χ3v) is 3.68. The first-order valence-electron chi connectivity index (χ1n) is 8.39. The number of rotatable bonds is 8. The van der Waals surface area contributed by atoms with E-state index in [9.17, 15) is 9.59 Å². The second kappa shape index (κ2) is 9.22. The van der Waals surface area contributed by atoms with Gasteiger partial charge in [-0.2, -0.15) is 10.4 Å². The molecule has 1 aromatic carbocycles. The van der Waals surface area contributed by atoms with Crippen LogP contribution in [0.25, 0.3) is 5.69 Å². The van der Waals surface area contributed by atoms with Gasteiger partial charge in [0.15, 0.2) is 0 Å². The summed E-state index contributed by atoms with van der Waals surface area (Å²) in [7, 11) is 0. The van der Waals surface area contributed by atoms with Crippen molar-refractivity contribution in [3.05, 3.63) is 41.7 Å². The fourth-order valence-electron chi connectivity index (χ4n) is 2.49. The van der Waals surface area contributed by atoms with E-state index in [0.717, 1.165) is 17.8 Å². The summed E-state index contributed by atoms with van der Waals surface area (Å²) in [6, 6.07) is 8.79. The fraction of sp³-hybridized carbons (Fsp3) is 0.333. The van der Waals surface area contributed by atoms with Crippen LogP contribution in [0.2, 0.25) is 0 Å². The third kappa shape index (κ3) is 5.08. The van der Waals surface area contributed by atoms with Crippen LogP contribution in [0.1, 0.15) is 37.4 Å². The van der Waals surface area contributed by atoms with E-state index in [-0.39, 0.29) is 13.0 Å². The Hall–Kier alpha value is -3.34. The quantitative estimate of drug-likeness (QED) is 0.629. The molecule has 0 unspecified atom stereocenters. The van der Waals surface area contributed by atoms with Gasteiger partial charge in [0.05, 0.1) is 34.9 Å². The van der Waals surface area contributed by atoms with Gasteiger partial charge in [-0.3, -0.25) is 4.79 Å². The van der Waals surface area contributed by atoms with Gasteiger partial charge in [0, 0.05) is 13.0 Å². The van der Waals surface area contributed by atoms with Gasteiger partial charge in [0.1, 0.15) is 0 Å². The van der Waals surface area contributed by atoms with Gasteiger partial charge >= 0.3 is 12.0 Å². The maximum absolute atomic E-state index is 12.0. The lowest BCUT2D eigenvalue weighted by atomic mass is 10.2. The Morgan fingerprint density at radius 2 is 2.19 bits per heavy atom. The van der Waals surface area contributed by atoms with Crippen molar-refractivity contribution in [2.24, 2.45) is 0 Å². The number of carbonyl (C=O) groups is 2. The van der Waals surface area contributed by atoms with Crippen LogP contribution in [0.3, 0.4) is 0 Å². The Balaban J connectivity index is 2.12. The molecule has 8 nitrogen and oxygen atoms in total. The van der Waals surface area contributed by atoms with Crippen LogP contribution < -0.4 is 10.6 Å². The van der Waals surface area contributed by atoms with E-state index in [1.165, 1.54) is 0 Å². The Bertz CT molecular complexity index is 822. The Labute approximate surface area is 151 Å². The minimum Gasteiger partial charge on any atom is -0.481 e. The number of hydrogen-bond acceptors (Lipinski definition) is 4. The molecule has 2 aromatic rings. The van der Waals surface area contributed by atoms with Gasteiger partial charge in [0.2, 0.25) is 0 Å². The molecule has 0 aliphatic carbocycles. The van der Waals surface area contributed by atoms with E-state index in [4.69, 9.17) is 10.4 Å². The summed E-state index contributed by atoms with van der Waals surface area (Å²) in [5, 5.41) is 27.4. The van der Waals surface area contributed by atoms with Crippen molar-refractivity contribution >= 4 is 17.7 Å². The Kier molecular flexibility index (Phi) is 6.74. The van der Waals surface area contributed by atoms with Crippen LogP contribution in [0, 0.1) is 11.3 Å². The maximum Gasteiger partial charge on any atom is 0.319 e. The number of carboxylic acid groups (broad SMARTS) is 1. The van der Waals surface area contributed by atoms with Crippen molar-refractivity contribution in [1.82, 2.24) is 15.1 Å². The second-order valence-electron chi connectivity index (χ2n) is 5.71. The smallest absolute Gasteiger partial charge is 0.319 e. The van der Waals surface area contributed by atoms with Crippen LogP contribution in [0.15, 0.2) is 30.5 Å². The number of nitriles is 1. The van der Waals surface area contributed by atoms with Crippen LogP contribution in [0.4, 0.5) is 10.5 Å². The molecule has 0 fully saturated rings. The lowest BCUT2D eigenvalue weighted by Crippen LogP contribution is -2.30. The first-order valence-corrected chi connectivity index (χ1v) is 8.39. The molecular formula is C18H21N5O3. The predicted octanol–water partition coefficient (Wildman–Crippen LogP) is 2.68. The highest BCUT2D eigenvalue weighted by atomic mass is 16.4. The van der Waals surface area contributed by atoms with Crippen molar-refractivity contribution in [1.29, 1.82) is 5.26 Å². The van der Waals surface area contributed by atoms with Crippen LogP contribution in [-0.2, 0) is 11.2 Å². The number of carboxylic acids is 1. The number of carbonyl (C=O) groups excluding carboxylic acids is 1. The number of aromatic nitrogens is 2. The summed E-state index contributed by atoms with van der Waals surface area (Å²) in [6.45, 7) is 2.30. The molecule has 0 aliphatic heterocycles. The van der Waals surface area contributed by atoms with Gasteiger partial charge in [-0.25, -0.2) is 9.48 Å². The maximum atomic E-state index is 12.0. The molecule has 0 atom stereocenters. The Morgan fingerprint density at radius 1 is 1.38 bits per heavy atom. The predicted molar refractivity (Wildman–Crippen MR) is 96.2 cm³/mol. The monoisotopic (exact) mass is 355 g/mol. The zero-order valence-electron chi connectivity index (χ0n) is 14.5. The lowest BCUT2D eigenvalue weighted by molar-refractivity contribution is -0.137. The van der Waals surface area contributed by atoms with Gasteiger partial charge in [0.25, 0.3) is 0 Å². The van der Waals surface area contributed by atoms with E-state index in [2.05, 4.69) is 21.8 Å². The molecule has 0 saturated heterocycles. The highest BCUT2D eigenvalue weighted by molar-refractivity contribution is 5.89. The molecule has 26 heavy (non-hydrogen) atoms. The summed E-state index contributed by atoms with van der Waals surface area (Å²) in [6.07, 6.45) is 3.50. The fourth-order valence-corrected chi connectivity index (χ4v) is 2.49. The number of urea groups is 1. The summed E-state index contributed by atoms with van der Waals surface area (Å²) < 4.78 is 1.71. The summed E-state index contributed by atoms with van der Waals surface area (Å²) in [5.41, 5.74) is 2.71. The average Bonchev–Trinajstić information content (AvgIpc) is 3.01. The average molecular weight is 355 g/mol. The summed E-state index contributed by atoms with van der Waals surface area (Å²) in [4.78, 5) is 22.5. The highest BCUT2D eigenvalue weighted by Gasteiger charge is 2.14. The van der Waals surface area contributed by atoms with Crippen molar-refractivity contribution in [3.8, 4) is 11.8 Å². The zero-order valence-corrected chi connectivity index (χ0v) is 14.5. The van der Waals surface area contributed by atoms with Crippen LogP contribution >= 0.6 is 0 Å². The van der Waals surface area contributed by atoms with E-state index >= 15 is 0 Å². The van der Waals surface area contributed by atoms with Crippen molar-refractivity contribution < 1.29 is 14.7 Å². The summed E-state index contributed by atoms with van der Waals surface area (Å²) in [5.74, 6) is -0.890. The highest BCUT2D eigenvalue weighted by Crippen LogP contribution is 2.21. The number of anilines is 1. The number of aliphatic carboxylic acids is 1. The van der Waals surface area contributed by atoms with Crippen molar-refractivity contribution in [2.75, 3.05) is 11.9 Å². The topological polar surface area (TPSA) is 120 Å². The zero-order chi connectivity index (χ0) is 18.9. The number of benzene rings is 1. The number of hydrogen-bond donors (Lipinski definition) is 3. The first-order chi connectivity index (χ1) is 12.5. The van der Waals surface area contributed by atoms with Gasteiger partial charge in [-0.15, -0.1) is 0 Å². The molecule has 2 amide bonds. The van der Waals surface area contributed by atoms with Gasteiger partial charge in [-0.05, 0) is 31.0 Å². The first kappa shape index (κ1) is 19.0. The molecule has 1 aromatic heterocycles. The van der Waals surface area contributed by atoms with Gasteiger partial charge < -0.3 is 15.7 Å². The van der Waals surface area contributed by atoms with Crippen molar-refractivity contribution in [3.63, 3.8) is 0 Å². The van der Waals surface area contributed by atoms with Crippen LogP contribution in [-0.4, -0.2) is 33.4 Å². The SMILES string of the molecule is CCCc1c(NC(=O)NCCCC(=O)O)cnn1-c1cccc(C#N)c1. The molecular weight excluding hydrogens is 334 g/mol. The van der Waals surface area contributed by atoms with E-state index in [1.54, 1.807) is 29.1 Å².